The van der Waals surface area contributed by atoms with E-state index in [4.69, 9.17) is 10.2 Å². The van der Waals surface area contributed by atoms with Crippen LogP contribution in [-0.2, 0) is 10.0 Å². The Bertz CT molecular complexity index is 1080. The Morgan fingerprint density at radius 1 is 1.26 bits per heavy atom. The van der Waals surface area contributed by atoms with Gasteiger partial charge in [-0.3, -0.25) is 14.9 Å². The third-order valence-electron chi connectivity index (χ3n) is 3.53. The Morgan fingerprint density at radius 3 is 2.33 bits per heavy atom. The number of fused-ring (bicyclic) bond motifs is 1. The van der Waals surface area contributed by atoms with E-state index in [0.29, 0.717) is 0 Å². The van der Waals surface area contributed by atoms with Gasteiger partial charge in [0.2, 0.25) is 10.0 Å². The second-order valence-corrected chi connectivity index (χ2v) is 7.24. The summed E-state index contributed by atoms with van der Waals surface area (Å²) in [6.07, 6.45) is 0.745. The van der Waals surface area contributed by atoms with E-state index in [0.717, 1.165) is 18.4 Å². The minimum atomic E-state index is -3.95. The second-order valence-electron chi connectivity index (χ2n) is 5.51. The molecule has 0 spiro atoms. The van der Waals surface area contributed by atoms with Crippen LogP contribution in [-0.4, -0.2) is 65.8 Å². The van der Waals surface area contributed by atoms with E-state index in [1.165, 1.54) is 4.90 Å². The van der Waals surface area contributed by atoms with Gasteiger partial charge in [0.1, 0.15) is 5.69 Å². The number of aliphatic hydroxyl groups is 2. The maximum atomic E-state index is 12.5. The molecule has 2 rings (SSSR count). The number of nitrogens with zero attached hydrogens (tertiary/aromatic N) is 3. The van der Waals surface area contributed by atoms with Crippen LogP contribution in [0.25, 0.3) is 10.9 Å². The van der Waals surface area contributed by atoms with Crippen LogP contribution in [0.15, 0.2) is 21.7 Å². The van der Waals surface area contributed by atoms with Gasteiger partial charge in [-0.15, -0.1) is 0 Å². The van der Waals surface area contributed by atoms with Crippen molar-refractivity contribution in [1.82, 2.24) is 9.66 Å². The molecule has 27 heavy (non-hydrogen) atoms. The van der Waals surface area contributed by atoms with Crippen molar-refractivity contribution < 1.29 is 23.6 Å². The lowest BCUT2D eigenvalue weighted by molar-refractivity contribution is -0.384. The summed E-state index contributed by atoms with van der Waals surface area (Å²) in [5.41, 5.74) is -2.87. The molecule has 0 aliphatic carbocycles. The zero-order chi connectivity index (χ0) is 20.4. The molecule has 0 unspecified atom stereocenters. The SMILES string of the molecule is CS(=O)(=O)Nn1c(=O)[nH]c2cc([N+](=O)[O-])c(N(CCO)CCO)cc2c1=O. The van der Waals surface area contributed by atoms with Crippen molar-refractivity contribution in [2.75, 3.05) is 42.3 Å². The zero-order valence-electron chi connectivity index (χ0n) is 14.1. The summed E-state index contributed by atoms with van der Waals surface area (Å²) in [6.45, 7) is -0.876. The summed E-state index contributed by atoms with van der Waals surface area (Å²) >= 11 is 0. The van der Waals surface area contributed by atoms with Crippen molar-refractivity contribution in [2.45, 2.75) is 0 Å². The lowest BCUT2D eigenvalue weighted by atomic mass is 10.1. The van der Waals surface area contributed by atoms with E-state index in [-0.39, 0.29) is 47.6 Å². The number of hydrogen-bond acceptors (Lipinski definition) is 9. The van der Waals surface area contributed by atoms with E-state index in [9.17, 15) is 28.1 Å². The molecule has 1 aromatic heterocycles. The van der Waals surface area contributed by atoms with Gasteiger partial charge < -0.3 is 20.1 Å². The van der Waals surface area contributed by atoms with Gasteiger partial charge in [0.25, 0.3) is 11.2 Å². The Labute approximate surface area is 151 Å². The molecule has 0 radical (unpaired) electrons. The smallest absolute Gasteiger partial charge is 0.348 e. The molecule has 1 aromatic carbocycles. The minimum Gasteiger partial charge on any atom is -0.395 e. The predicted octanol–water partition coefficient (Wildman–Crippen LogP) is -2.11. The lowest BCUT2D eigenvalue weighted by Crippen LogP contribution is -2.43. The fourth-order valence-corrected chi connectivity index (χ4v) is 2.98. The first-order chi connectivity index (χ1) is 12.6. The van der Waals surface area contributed by atoms with Gasteiger partial charge in [-0.1, -0.05) is 0 Å². The normalized spacial score (nSPS) is 11.5. The molecule has 148 valence electrons. The fraction of sp³-hybridized carbons (Fsp3) is 0.385. The quantitative estimate of drug-likeness (QED) is 0.282. The number of aliphatic hydroxyl groups excluding tert-OH is 2. The van der Waals surface area contributed by atoms with E-state index in [2.05, 4.69) is 4.98 Å². The molecule has 0 fully saturated rings. The number of rotatable bonds is 8. The third kappa shape index (κ3) is 4.42. The minimum absolute atomic E-state index is 0.0635. The van der Waals surface area contributed by atoms with Gasteiger partial charge in [0.15, 0.2) is 0 Å². The average molecular weight is 403 g/mol. The van der Waals surface area contributed by atoms with Crippen molar-refractivity contribution in [3.8, 4) is 0 Å². The van der Waals surface area contributed by atoms with Crippen LogP contribution in [0.2, 0.25) is 0 Å². The molecule has 1 heterocycles. The molecule has 0 saturated carbocycles. The van der Waals surface area contributed by atoms with Crippen molar-refractivity contribution in [2.24, 2.45) is 0 Å². The standard InChI is InChI=1S/C13H17N5O8S/c1-27(25,26)15-17-12(21)8-6-10(16(2-4-19)3-5-20)11(18(23)24)7-9(8)14-13(17)22/h6-7,15,19-20H,2-5H2,1H3,(H,14,22). The molecule has 0 aliphatic heterocycles. The number of sulfonamides is 1. The number of benzene rings is 1. The summed E-state index contributed by atoms with van der Waals surface area (Å²) < 4.78 is 22.9. The highest BCUT2D eigenvalue weighted by Crippen LogP contribution is 2.31. The van der Waals surface area contributed by atoms with Gasteiger partial charge in [0, 0.05) is 19.2 Å². The van der Waals surface area contributed by atoms with Gasteiger partial charge in [-0.25, -0.2) is 18.0 Å². The van der Waals surface area contributed by atoms with Crippen LogP contribution in [0.5, 0.6) is 0 Å². The van der Waals surface area contributed by atoms with Crippen LogP contribution in [0, 0.1) is 10.1 Å². The Morgan fingerprint density at radius 2 is 1.85 bits per heavy atom. The molecule has 0 bridgehead atoms. The van der Waals surface area contributed by atoms with Gasteiger partial charge in [-0.05, 0) is 6.07 Å². The van der Waals surface area contributed by atoms with E-state index < -0.39 is 31.9 Å². The first kappa shape index (κ1) is 20.3. The highest BCUT2D eigenvalue weighted by molar-refractivity contribution is 7.91. The van der Waals surface area contributed by atoms with Gasteiger partial charge in [0.05, 0.1) is 35.3 Å². The molecule has 2 aromatic rings. The maximum Gasteiger partial charge on any atom is 0.348 e. The van der Waals surface area contributed by atoms with Crippen molar-refractivity contribution in [3.63, 3.8) is 0 Å². The summed E-state index contributed by atoms with van der Waals surface area (Å²) in [5, 5.41) is 29.5. The van der Waals surface area contributed by atoms with Gasteiger partial charge >= 0.3 is 5.69 Å². The Balaban J connectivity index is 2.83. The summed E-state index contributed by atoms with van der Waals surface area (Å²) in [7, 11) is -3.95. The van der Waals surface area contributed by atoms with E-state index >= 15 is 0 Å². The third-order valence-corrected chi connectivity index (χ3v) is 4.04. The molecule has 0 aliphatic rings. The number of anilines is 1. The number of H-pyrrole nitrogens is 1. The predicted molar refractivity (Wildman–Crippen MR) is 96.1 cm³/mol. The monoisotopic (exact) mass is 403 g/mol. The summed E-state index contributed by atoms with van der Waals surface area (Å²) in [6, 6.07) is 2.05. The maximum absolute atomic E-state index is 12.5. The topological polar surface area (TPSA) is 188 Å². The van der Waals surface area contributed by atoms with Crippen LogP contribution in [0.3, 0.4) is 0 Å². The first-order valence-electron chi connectivity index (χ1n) is 7.51. The molecule has 14 heteroatoms. The highest BCUT2D eigenvalue weighted by Gasteiger charge is 2.23. The molecule has 0 amide bonds. The largest absolute Gasteiger partial charge is 0.395 e. The molecular formula is C13H17N5O8S. The number of aromatic nitrogens is 2. The van der Waals surface area contributed by atoms with Crippen molar-refractivity contribution >= 4 is 32.3 Å². The van der Waals surface area contributed by atoms with E-state index in [1.807, 2.05) is 0 Å². The van der Waals surface area contributed by atoms with Crippen LogP contribution in [0.1, 0.15) is 0 Å². The molecular weight excluding hydrogens is 386 g/mol. The molecule has 4 N–H and O–H groups in total. The van der Waals surface area contributed by atoms with Crippen molar-refractivity contribution in [1.29, 1.82) is 0 Å². The van der Waals surface area contributed by atoms with Crippen molar-refractivity contribution in [3.05, 3.63) is 43.1 Å². The van der Waals surface area contributed by atoms with Crippen LogP contribution < -0.4 is 21.0 Å². The molecule has 0 saturated heterocycles. The Hall–Kier alpha value is -2.97. The summed E-state index contributed by atoms with van der Waals surface area (Å²) in [4.78, 5) is 40.4. The summed E-state index contributed by atoms with van der Waals surface area (Å²) in [5.74, 6) is 0. The number of nitro groups is 1. The van der Waals surface area contributed by atoms with E-state index in [1.54, 1.807) is 4.83 Å². The molecule has 0 atom stereocenters. The second kappa shape index (κ2) is 7.73. The lowest BCUT2D eigenvalue weighted by Gasteiger charge is -2.23. The number of hydrogen-bond donors (Lipinski definition) is 4. The van der Waals surface area contributed by atoms with Crippen LogP contribution >= 0.6 is 0 Å². The van der Waals surface area contributed by atoms with Gasteiger partial charge in [-0.2, -0.15) is 4.68 Å². The zero-order valence-corrected chi connectivity index (χ0v) is 14.9. The Kier molecular flexibility index (Phi) is 5.82. The first-order valence-corrected chi connectivity index (χ1v) is 9.40. The van der Waals surface area contributed by atoms with Crippen LogP contribution in [0.4, 0.5) is 11.4 Å². The fourth-order valence-electron chi connectivity index (χ4n) is 2.48. The average Bonchev–Trinajstić information content (AvgIpc) is 2.56. The highest BCUT2D eigenvalue weighted by atomic mass is 32.2. The number of nitro benzene ring substituents is 1. The molecule has 13 nitrogen and oxygen atoms in total. The number of nitrogens with one attached hydrogen (secondary N) is 2. The number of aromatic amines is 1.